The van der Waals surface area contributed by atoms with Crippen LogP contribution in [0.25, 0.3) is 0 Å². The molecule has 0 heterocycles. The minimum atomic E-state index is -3.60. The standard InChI is InChI=1S/C9H9Cl3O2S/c1-5-7(4-15(12,13)14)6(2)9(11)3-8(5)10/h3H,4H2,1-2H3. The number of rotatable bonds is 2. The molecule has 0 radical (unpaired) electrons. The van der Waals surface area contributed by atoms with Crippen LogP contribution in [0.5, 0.6) is 0 Å². The maximum atomic E-state index is 11.0. The van der Waals surface area contributed by atoms with Crippen molar-refractivity contribution in [1.29, 1.82) is 0 Å². The Morgan fingerprint density at radius 2 is 1.53 bits per heavy atom. The maximum absolute atomic E-state index is 11.0. The molecule has 15 heavy (non-hydrogen) atoms. The minimum Gasteiger partial charge on any atom is -0.212 e. The van der Waals surface area contributed by atoms with Gasteiger partial charge in [0.05, 0.1) is 5.75 Å². The van der Waals surface area contributed by atoms with Crippen LogP contribution in [0.3, 0.4) is 0 Å². The maximum Gasteiger partial charge on any atom is 0.236 e. The molecule has 0 N–H and O–H groups in total. The molecule has 0 saturated carbocycles. The zero-order valence-electron chi connectivity index (χ0n) is 8.14. The largest absolute Gasteiger partial charge is 0.236 e. The summed E-state index contributed by atoms with van der Waals surface area (Å²) in [5.74, 6) is -0.257. The summed E-state index contributed by atoms with van der Waals surface area (Å²) in [6.07, 6.45) is 0. The number of benzene rings is 1. The van der Waals surface area contributed by atoms with Gasteiger partial charge in [0, 0.05) is 20.7 Å². The molecule has 6 heteroatoms. The van der Waals surface area contributed by atoms with E-state index in [1.54, 1.807) is 19.9 Å². The highest BCUT2D eigenvalue weighted by Crippen LogP contribution is 2.30. The van der Waals surface area contributed by atoms with Gasteiger partial charge in [-0.25, -0.2) is 8.42 Å². The van der Waals surface area contributed by atoms with E-state index in [4.69, 9.17) is 33.9 Å². The number of halogens is 3. The van der Waals surface area contributed by atoms with Gasteiger partial charge in [0.25, 0.3) is 0 Å². The first-order chi connectivity index (χ1) is 6.72. The van der Waals surface area contributed by atoms with Crippen molar-refractivity contribution in [3.8, 4) is 0 Å². The Kier molecular flexibility index (Phi) is 3.93. The molecule has 84 valence electrons. The van der Waals surface area contributed by atoms with Crippen molar-refractivity contribution in [3.63, 3.8) is 0 Å². The minimum absolute atomic E-state index is 0.257. The molecule has 0 bridgehead atoms. The van der Waals surface area contributed by atoms with E-state index in [2.05, 4.69) is 0 Å². The van der Waals surface area contributed by atoms with E-state index in [1.165, 1.54) is 0 Å². The molecule has 0 amide bonds. The molecule has 0 saturated heterocycles. The van der Waals surface area contributed by atoms with Gasteiger partial charge in [-0.2, -0.15) is 0 Å². The third-order valence-corrected chi connectivity index (χ3v) is 3.94. The predicted molar refractivity (Wildman–Crippen MR) is 64.4 cm³/mol. The van der Waals surface area contributed by atoms with E-state index in [1.807, 2.05) is 0 Å². The lowest BCUT2D eigenvalue weighted by atomic mass is 10.0. The van der Waals surface area contributed by atoms with Gasteiger partial charge in [-0.1, -0.05) is 23.2 Å². The van der Waals surface area contributed by atoms with E-state index >= 15 is 0 Å². The lowest BCUT2D eigenvalue weighted by Gasteiger charge is -2.11. The summed E-state index contributed by atoms with van der Waals surface area (Å²) in [4.78, 5) is 0. The number of hydrogen-bond donors (Lipinski definition) is 0. The Balaban J connectivity index is 3.40. The zero-order valence-corrected chi connectivity index (χ0v) is 11.2. The quantitative estimate of drug-likeness (QED) is 0.778. The van der Waals surface area contributed by atoms with Crippen LogP contribution in [-0.2, 0) is 14.8 Å². The molecule has 0 spiro atoms. The van der Waals surface area contributed by atoms with Crippen LogP contribution < -0.4 is 0 Å². The smallest absolute Gasteiger partial charge is 0.212 e. The average molecular weight is 288 g/mol. The molecule has 0 fully saturated rings. The van der Waals surface area contributed by atoms with E-state index in [-0.39, 0.29) is 5.75 Å². The molecule has 2 nitrogen and oxygen atoms in total. The topological polar surface area (TPSA) is 34.1 Å². The fourth-order valence-electron chi connectivity index (χ4n) is 1.29. The van der Waals surface area contributed by atoms with Gasteiger partial charge in [-0.05, 0) is 36.6 Å². The van der Waals surface area contributed by atoms with Gasteiger partial charge in [-0.3, -0.25) is 0 Å². The summed E-state index contributed by atoms with van der Waals surface area (Å²) >= 11 is 11.8. The summed E-state index contributed by atoms with van der Waals surface area (Å²) in [7, 11) is 1.60. The monoisotopic (exact) mass is 286 g/mol. The Bertz CT molecular complexity index is 468. The van der Waals surface area contributed by atoms with Crippen molar-refractivity contribution in [2.24, 2.45) is 0 Å². The number of hydrogen-bond acceptors (Lipinski definition) is 2. The van der Waals surface area contributed by atoms with Crippen molar-refractivity contribution in [2.75, 3.05) is 0 Å². The highest BCUT2D eigenvalue weighted by molar-refractivity contribution is 8.13. The van der Waals surface area contributed by atoms with Gasteiger partial charge in [-0.15, -0.1) is 0 Å². The molecule has 1 aromatic carbocycles. The van der Waals surface area contributed by atoms with Gasteiger partial charge < -0.3 is 0 Å². The molecule has 1 rings (SSSR count). The summed E-state index contributed by atoms with van der Waals surface area (Å²) in [5, 5.41) is 0.891. The average Bonchev–Trinajstić information content (AvgIpc) is 2.08. The van der Waals surface area contributed by atoms with Crippen LogP contribution in [0, 0.1) is 13.8 Å². The third kappa shape index (κ3) is 3.25. The molecule has 1 aromatic rings. The molecular weight excluding hydrogens is 279 g/mol. The van der Waals surface area contributed by atoms with Crippen LogP contribution in [-0.4, -0.2) is 8.42 Å². The summed E-state index contributed by atoms with van der Waals surface area (Å²) < 4.78 is 22.0. The SMILES string of the molecule is Cc1c(Cl)cc(Cl)c(C)c1CS(=O)(=O)Cl. The van der Waals surface area contributed by atoms with Gasteiger partial charge >= 0.3 is 0 Å². The lowest BCUT2D eigenvalue weighted by molar-refractivity contribution is 0.608. The first-order valence-corrected chi connectivity index (χ1v) is 7.32. The van der Waals surface area contributed by atoms with Crippen molar-refractivity contribution in [3.05, 3.63) is 32.8 Å². The summed E-state index contributed by atoms with van der Waals surface area (Å²) in [5.41, 5.74) is 1.97. The first-order valence-electron chi connectivity index (χ1n) is 4.09. The molecule has 0 aliphatic rings. The molecule has 0 aromatic heterocycles. The zero-order chi connectivity index (χ0) is 11.8. The Morgan fingerprint density at radius 3 is 1.87 bits per heavy atom. The van der Waals surface area contributed by atoms with Gasteiger partial charge in [0.2, 0.25) is 9.05 Å². The summed E-state index contributed by atoms with van der Waals surface area (Å²) in [6, 6.07) is 1.60. The second kappa shape index (κ2) is 4.50. The van der Waals surface area contributed by atoms with Gasteiger partial charge in [0.15, 0.2) is 0 Å². The Morgan fingerprint density at radius 1 is 1.13 bits per heavy atom. The van der Waals surface area contributed by atoms with E-state index < -0.39 is 9.05 Å². The van der Waals surface area contributed by atoms with E-state index in [9.17, 15) is 8.42 Å². The third-order valence-electron chi connectivity index (χ3n) is 2.19. The first kappa shape index (κ1) is 13.1. The van der Waals surface area contributed by atoms with Crippen LogP contribution in [0.15, 0.2) is 6.07 Å². The van der Waals surface area contributed by atoms with Crippen LogP contribution in [0.2, 0.25) is 10.0 Å². The van der Waals surface area contributed by atoms with Crippen LogP contribution in [0.1, 0.15) is 16.7 Å². The van der Waals surface area contributed by atoms with E-state index in [0.717, 1.165) is 0 Å². The lowest BCUT2D eigenvalue weighted by Crippen LogP contribution is -2.01. The second-order valence-electron chi connectivity index (χ2n) is 3.25. The Labute approximate surface area is 104 Å². The van der Waals surface area contributed by atoms with Crippen LogP contribution >= 0.6 is 33.9 Å². The Hall–Kier alpha value is 0.0400. The summed E-state index contributed by atoms with van der Waals surface area (Å²) in [6.45, 7) is 3.48. The van der Waals surface area contributed by atoms with Crippen molar-refractivity contribution >= 4 is 42.9 Å². The normalized spacial score (nSPS) is 11.8. The molecule has 0 aliphatic carbocycles. The molecule has 0 aliphatic heterocycles. The fraction of sp³-hybridized carbons (Fsp3) is 0.333. The highest BCUT2D eigenvalue weighted by atomic mass is 35.7. The molecule has 0 atom stereocenters. The van der Waals surface area contributed by atoms with Crippen molar-refractivity contribution in [1.82, 2.24) is 0 Å². The molecule has 0 unspecified atom stereocenters. The highest BCUT2D eigenvalue weighted by Gasteiger charge is 2.16. The second-order valence-corrected chi connectivity index (χ2v) is 6.84. The molecular formula is C9H9Cl3O2S. The van der Waals surface area contributed by atoms with Crippen molar-refractivity contribution in [2.45, 2.75) is 19.6 Å². The van der Waals surface area contributed by atoms with Crippen molar-refractivity contribution < 1.29 is 8.42 Å². The fourth-order valence-corrected chi connectivity index (χ4v) is 2.89. The van der Waals surface area contributed by atoms with E-state index in [0.29, 0.717) is 26.7 Å². The predicted octanol–water partition coefficient (Wildman–Crippen LogP) is 3.68. The van der Waals surface area contributed by atoms with Crippen LogP contribution in [0.4, 0.5) is 0 Å². The van der Waals surface area contributed by atoms with Gasteiger partial charge in [0.1, 0.15) is 0 Å².